The third-order valence-corrected chi connectivity index (χ3v) is 4.23. The largest absolute Gasteiger partial charge is 0.324 e. The number of halogens is 1. The minimum absolute atomic E-state index is 0.0995. The van der Waals surface area contributed by atoms with Gasteiger partial charge in [-0.2, -0.15) is 0 Å². The molecule has 1 atom stereocenters. The Balaban J connectivity index is 1.88. The van der Waals surface area contributed by atoms with E-state index >= 15 is 0 Å². The second-order valence-electron chi connectivity index (χ2n) is 5.51. The first-order chi connectivity index (χ1) is 10.3. The summed E-state index contributed by atoms with van der Waals surface area (Å²) in [7, 11) is -3.22. The highest BCUT2D eigenvalue weighted by atomic mass is 32.2. The van der Waals surface area contributed by atoms with Gasteiger partial charge < -0.3 is 10.2 Å². The van der Waals surface area contributed by atoms with Crippen molar-refractivity contribution in [2.45, 2.75) is 12.8 Å². The third kappa shape index (κ3) is 5.27. The minimum Gasteiger partial charge on any atom is -0.324 e. The Labute approximate surface area is 129 Å². The molecule has 0 unspecified atom stereocenters. The van der Waals surface area contributed by atoms with E-state index in [0.717, 1.165) is 19.1 Å². The van der Waals surface area contributed by atoms with Crippen LogP contribution in [0.3, 0.4) is 0 Å². The molecule has 2 rings (SSSR count). The van der Waals surface area contributed by atoms with Gasteiger partial charge in [0.15, 0.2) is 0 Å². The van der Waals surface area contributed by atoms with E-state index in [-0.39, 0.29) is 17.8 Å². The lowest BCUT2D eigenvalue weighted by Gasteiger charge is -2.32. The van der Waals surface area contributed by atoms with E-state index in [1.165, 1.54) is 24.3 Å². The monoisotopic (exact) mass is 329 g/mol. The first kappa shape index (κ1) is 16.7. The summed E-state index contributed by atoms with van der Waals surface area (Å²) in [5.41, 5.74) is 0.530. The van der Waals surface area contributed by atoms with Crippen molar-refractivity contribution in [1.82, 2.24) is 9.62 Å². The molecule has 0 bridgehead atoms. The average molecular weight is 329 g/mol. The first-order valence-corrected chi connectivity index (χ1v) is 8.99. The van der Waals surface area contributed by atoms with Crippen molar-refractivity contribution in [1.29, 1.82) is 0 Å². The van der Waals surface area contributed by atoms with Gasteiger partial charge in [0, 0.05) is 25.3 Å². The van der Waals surface area contributed by atoms with Crippen LogP contribution in [0, 0.1) is 11.7 Å². The van der Waals surface area contributed by atoms with Gasteiger partial charge in [-0.05, 0) is 43.0 Å². The highest BCUT2D eigenvalue weighted by Gasteiger charge is 2.24. The zero-order valence-corrected chi connectivity index (χ0v) is 13.2. The number of hydrogen-bond donors (Lipinski definition) is 2. The highest BCUT2D eigenvalue weighted by molar-refractivity contribution is 7.88. The SMILES string of the molecule is CS(=O)(=O)NC[C@H]1CCCN(C(=O)Nc2ccc(F)cc2)C1. The van der Waals surface area contributed by atoms with Gasteiger partial charge in [-0.1, -0.05) is 0 Å². The molecule has 0 saturated carbocycles. The molecule has 0 aromatic heterocycles. The number of urea groups is 1. The van der Waals surface area contributed by atoms with Crippen LogP contribution < -0.4 is 10.0 Å². The Morgan fingerprint density at radius 2 is 2.05 bits per heavy atom. The molecule has 1 aromatic carbocycles. The number of benzene rings is 1. The van der Waals surface area contributed by atoms with Crippen LogP contribution in [0.1, 0.15) is 12.8 Å². The summed E-state index contributed by atoms with van der Waals surface area (Å²) in [5.74, 6) is -0.259. The van der Waals surface area contributed by atoms with Gasteiger partial charge >= 0.3 is 6.03 Å². The molecule has 1 saturated heterocycles. The molecule has 1 aliphatic rings. The van der Waals surface area contributed by atoms with Crippen LogP contribution >= 0.6 is 0 Å². The summed E-state index contributed by atoms with van der Waals surface area (Å²) in [6.45, 7) is 1.46. The smallest absolute Gasteiger partial charge is 0.321 e. The van der Waals surface area contributed by atoms with Crippen LogP contribution in [-0.4, -0.2) is 45.2 Å². The normalized spacial score (nSPS) is 19.0. The van der Waals surface area contributed by atoms with Crippen LogP contribution in [0.15, 0.2) is 24.3 Å². The molecular formula is C14H20FN3O3S. The number of likely N-dealkylation sites (tertiary alicyclic amines) is 1. The predicted octanol–water partition coefficient (Wildman–Crippen LogP) is 1.62. The van der Waals surface area contributed by atoms with E-state index in [2.05, 4.69) is 10.0 Å². The summed E-state index contributed by atoms with van der Waals surface area (Å²) in [6, 6.07) is 5.31. The number of piperidine rings is 1. The van der Waals surface area contributed by atoms with Gasteiger partial charge in [0.2, 0.25) is 10.0 Å². The van der Waals surface area contributed by atoms with E-state index in [9.17, 15) is 17.6 Å². The number of nitrogens with one attached hydrogen (secondary N) is 2. The summed E-state index contributed by atoms with van der Waals surface area (Å²) in [4.78, 5) is 13.8. The first-order valence-electron chi connectivity index (χ1n) is 7.09. The van der Waals surface area contributed by atoms with Gasteiger partial charge in [-0.15, -0.1) is 0 Å². The van der Waals surface area contributed by atoms with E-state index < -0.39 is 10.0 Å². The van der Waals surface area contributed by atoms with Gasteiger partial charge in [-0.25, -0.2) is 22.3 Å². The topological polar surface area (TPSA) is 78.5 Å². The lowest BCUT2D eigenvalue weighted by atomic mass is 9.99. The van der Waals surface area contributed by atoms with Crippen LogP contribution in [-0.2, 0) is 10.0 Å². The van der Waals surface area contributed by atoms with Gasteiger partial charge in [0.25, 0.3) is 0 Å². The molecular weight excluding hydrogens is 309 g/mol. The van der Waals surface area contributed by atoms with Crippen molar-refractivity contribution in [2.75, 3.05) is 31.2 Å². The molecule has 0 aliphatic carbocycles. The van der Waals surface area contributed by atoms with Gasteiger partial charge in [-0.3, -0.25) is 0 Å². The standard InChI is InChI=1S/C14H20FN3O3S/c1-22(20,21)16-9-11-3-2-8-18(10-11)14(19)17-13-6-4-12(15)5-7-13/h4-7,11,16H,2-3,8-10H2,1H3,(H,17,19)/t11-/m1/s1. The molecule has 6 nitrogen and oxygen atoms in total. The zero-order valence-electron chi connectivity index (χ0n) is 12.4. The minimum atomic E-state index is -3.22. The van der Waals surface area contributed by atoms with E-state index in [1.807, 2.05) is 0 Å². The van der Waals surface area contributed by atoms with Crippen molar-refractivity contribution >= 4 is 21.7 Å². The number of hydrogen-bond acceptors (Lipinski definition) is 3. The van der Waals surface area contributed by atoms with E-state index in [0.29, 0.717) is 25.3 Å². The lowest BCUT2D eigenvalue weighted by molar-refractivity contribution is 0.178. The molecule has 22 heavy (non-hydrogen) atoms. The number of sulfonamides is 1. The number of rotatable bonds is 4. The third-order valence-electron chi connectivity index (χ3n) is 3.54. The maximum absolute atomic E-state index is 12.8. The molecule has 1 aromatic rings. The Morgan fingerprint density at radius 1 is 1.36 bits per heavy atom. The fourth-order valence-corrected chi connectivity index (χ4v) is 2.96. The summed E-state index contributed by atoms with van der Waals surface area (Å²) >= 11 is 0. The maximum Gasteiger partial charge on any atom is 0.321 e. The van der Waals surface area contributed by atoms with Crippen molar-refractivity contribution in [3.8, 4) is 0 Å². The Bertz CT molecular complexity index is 619. The lowest BCUT2D eigenvalue weighted by Crippen LogP contribution is -2.45. The molecule has 1 heterocycles. The fourth-order valence-electron chi connectivity index (χ4n) is 2.42. The van der Waals surface area contributed by atoms with Crippen LogP contribution in [0.5, 0.6) is 0 Å². The Morgan fingerprint density at radius 3 is 2.68 bits per heavy atom. The molecule has 122 valence electrons. The number of carbonyl (C=O) groups excluding carboxylic acids is 1. The zero-order chi connectivity index (χ0) is 16.2. The average Bonchev–Trinajstić information content (AvgIpc) is 2.47. The maximum atomic E-state index is 12.8. The number of amides is 2. The summed E-state index contributed by atoms with van der Waals surface area (Å²) < 4.78 is 37.6. The second-order valence-corrected chi connectivity index (χ2v) is 7.34. The van der Waals surface area contributed by atoms with Crippen LogP contribution in [0.25, 0.3) is 0 Å². The molecule has 2 amide bonds. The van der Waals surface area contributed by atoms with Crippen LogP contribution in [0.2, 0.25) is 0 Å². The Kier molecular flexibility index (Phi) is 5.36. The molecule has 1 aliphatic heterocycles. The van der Waals surface area contributed by atoms with Crippen LogP contribution in [0.4, 0.5) is 14.9 Å². The molecule has 0 radical (unpaired) electrons. The summed E-state index contributed by atoms with van der Waals surface area (Å²) in [6.07, 6.45) is 2.82. The number of nitrogens with zero attached hydrogens (tertiary/aromatic N) is 1. The quantitative estimate of drug-likeness (QED) is 0.881. The van der Waals surface area contributed by atoms with Crippen molar-refractivity contribution in [2.24, 2.45) is 5.92 Å². The van der Waals surface area contributed by atoms with Crippen molar-refractivity contribution in [3.05, 3.63) is 30.1 Å². The van der Waals surface area contributed by atoms with Crippen molar-refractivity contribution < 1.29 is 17.6 Å². The molecule has 8 heteroatoms. The molecule has 0 spiro atoms. The molecule has 2 N–H and O–H groups in total. The molecule has 1 fully saturated rings. The highest BCUT2D eigenvalue weighted by Crippen LogP contribution is 2.17. The number of anilines is 1. The number of carbonyl (C=O) groups is 1. The van der Waals surface area contributed by atoms with E-state index in [1.54, 1.807) is 4.90 Å². The Hall–Kier alpha value is -1.67. The fraction of sp³-hybridized carbons (Fsp3) is 0.500. The predicted molar refractivity (Wildman–Crippen MR) is 82.6 cm³/mol. The second kappa shape index (κ2) is 7.06. The summed E-state index contributed by atoms with van der Waals surface area (Å²) in [5, 5.41) is 2.71. The van der Waals surface area contributed by atoms with Crippen molar-refractivity contribution in [3.63, 3.8) is 0 Å². The van der Waals surface area contributed by atoms with Gasteiger partial charge in [0.1, 0.15) is 5.82 Å². The van der Waals surface area contributed by atoms with Gasteiger partial charge in [0.05, 0.1) is 6.26 Å². The van der Waals surface area contributed by atoms with E-state index in [4.69, 9.17) is 0 Å².